The third kappa shape index (κ3) is 13.8. The number of carbonyl (C=O) groups excluding carboxylic acids is 1. The number of carboxylic acids is 1. The quantitative estimate of drug-likeness (QED) is 0.0336. The third-order valence-electron chi connectivity index (χ3n) is 11.4. The molecule has 1 amide bonds. The highest BCUT2D eigenvalue weighted by atomic mass is 32.2. The molecule has 0 saturated heterocycles. The third-order valence-corrected chi connectivity index (χ3v) is 14.7. The molecule has 0 bridgehead atoms. The Hall–Kier alpha value is -4.33. The number of anilines is 1. The molecule has 0 spiro atoms. The number of nitrogens with two attached hydrogens (primary N) is 1. The van der Waals surface area contributed by atoms with Crippen molar-refractivity contribution < 1.29 is 71.2 Å². The van der Waals surface area contributed by atoms with Crippen LogP contribution in [0.5, 0.6) is 0 Å². The number of carbonyl (C=O) groups is 2. The standard InChI is InChI=1S/C41H56N4O15S4/c1-40(2)31-27-29(63(55,56)57)17-19-34(31)44(23-11-25-61(49,50)51)36(40)14-5-4-6-15-37-41(3,21-9-7-16-38(46)43-22-10-8-13-33(42)39(47)48)32-28-30(64(58,59)60)18-20-35(32)45(37)24-12-26-62(52,53)54/h4-6,14-15,17-20,27-28,33H,7-13,16,21-26,42H2,1-3H3,(H5-,43,46,47,48,49,50,51,52,53,54,55,56,57,58,59,60)/p+1/t33-,41?/m1/s1. The maximum Gasteiger partial charge on any atom is 0.320 e. The van der Waals surface area contributed by atoms with Crippen molar-refractivity contribution in [3.05, 3.63) is 83.6 Å². The van der Waals surface area contributed by atoms with Gasteiger partial charge in [0.2, 0.25) is 11.6 Å². The Bertz CT molecular complexity index is 2680. The van der Waals surface area contributed by atoms with Crippen molar-refractivity contribution >= 4 is 69.4 Å². The van der Waals surface area contributed by atoms with Crippen LogP contribution in [0.3, 0.4) is 0 Å². The number of fused-ring (bicyclic) bond motifs is 2. The summed E-state index contributed by atoms with van der Waals surface area (Å²) in [5.74, 6) is -2.40. The molecule has 0 saturated carbocycles. The minimum atomic E-state index is -4.65. The molecule has 2 heterocycles. The van der Waals surface area contributed by atoms with Gasteiger partial charge in [0, 0.05) is 60.4 Å². The molecule has 0 fully saturated rings. The molecule has 0 aliphatic carbocycles. The summed E-state index contributed by atoms with van der Waals surface area (Å²) in [6, 6.07) is 7.20. The van der Waals surface area contributed by atoms with Crippen LogP contribution in [-0.2, 0) is 60.9 Å². The van der Waals surface area contributed by atoms with Gasteiger partial charge in [-0.15, -0.1) is 0 Å². The summed E-state index contributed by atoms with van der Waals surface area (Å²) in [4.78, 5) is 24.7. The SMILES string of the molecule is CC1(C)C(/C=C/C=C/C=C2/N(CCCS(=O)(=O)O)c3ccc(S(=O)(=O)O)cc3C2(C)CCCCC(=O)NCCCC[C@@H](N)C(=O)O)=[N+](CCCS(=O)(=O)O)c2ccc(S(=O)(=O)O)cc21. The normalized spacial score (nSPS) is 18.9. The number of amides is 1. The first-order valence-electron chi connectivity index (χ1n) is 20.4. The van der Waals surface area contributed by atoms with E-state index in [1.54, 1.807) is 39.9 Å². The zero-order chi connectivity index (χ0) is 47.9. The van der Waals surface area contributed by atoms with Crippen molar-refractivity contribution in [2.75, 3.05) is 36.0 Å². The Kier molecular flexibility index (Phi) is 17.1. The van der Waals surface area contributed by atoms with Gasteiger partial charge in [-0.3, -0.25) is 27.8 Å². The Morgan fingerprint density at radius 2 is 1.39 bits per heavy atom. The van der Waals surface area contributed by atoms with E-state index in [0.29, 0.717) is 72.6 Å². The number of aliphatic carboxylic acids is 1. The second-order valence-corrected chi connectivity index (χ2v) is 22.5. The highest BCUT2D eigenvalue weighted by molar-refractivity contribution is 7.86. The number of hydrogen-bond donors (Lipinski definition) is 7. The molecule has 64 heavy (non-hydrogen) atoms. The maximum absolute atomic E-state index is 12.7. The van der Waals surface area contributed by atoms with Crippen LogP contribution in [0.1, 0.15) is 89.7 Å². The van der Waals surface area contributed by atoms with E-state index >= 15 is 0 Å². The molecule has 2 aromatic rings. The number of hydrogen-bond acceptors (Lipinski definition) is 12. The van der Waals surface area contributed by atoms with Gasteiger partial charge in [-0.1, -0.05) is 24.6 Å². The molecule has 0 aromatic heterocycles. The summed E-state index contributed by atoms with van der Waals surface area (Å²) >= 11 is 0. The van der Waals surface area contributed by atoms with Gasteiger partial charge in [0.25, 0.3) is 40.5 Å². The average Bonchev–Trinajstić information content (AvgIpc) is 3.53. The van der Waals surface area contributed by atoms with Crippen molar-refractivity contribution in [2.24, 2.45) is 5.73 Å². The number of nitrogens with one attached hydrogen (secondary N) is 1. The fourth-order valence-electron chi connectivity index (χ4n) is 8.11. The second kappa shape index (κ2) is 20.9. The zero-order valence-corrected chi connectivity index (χ0v) is 39.0. The summed E-state index contributed by atoms with van der Waals surface area (Å²) in [6.07, 6.45) is 11.3. The lowest BCUT2D eigenvalue weighted by Gasteiger charge is -2.30. The van der Waals surface area contributed by atoms with Gasteiger partial charge in [0.05, 0.1) is 26.7 Å². The minimum absolute atomic E-state index is 0.0154. The fraction of sp³-hybridized carbons (Fsp3) is 0.488. The zero-order valence-electron chi connectivity index (χ0n) is 35.8. The molecule has 2 atom stereocenters. The van der Waals surface area contributed by atoms with Crippen LogP contribution in [0.2, 0.25) is 0 Å². The molecular weight excluding hydrogens is 917 g/mol. The monoisotopic (exact) mass is 973 g/mol. The van der Waals surface area contributed by atoms with Gasteiger partial charge >= 0.3 is 5.97 Å². The summed E-state index contributed by atoms with van der Waals surface area (Å²) in [7, 11) is -17.8. The van der Waals surface area contributed by atoms with Crippen LogP contribution < -0.4 is 16.0 Å². The van der Waals surface area contributed by atoms with Crippen molar-refractivity contribution in [1.29, 1.82) is 0 Å². The number of unbranched alkanes of at least 4 members (excludes halogenated alkanes) is 2. The van der Waals surface area contributed by atoms with Gasteiger partial charge in [-0.05, 0) is 101 Å². The van der Waals surface area contributed by atoms with Crippen LogP contribution in [0, 0.1) is 0 Å². The van der Waals surface area contributed by atoms with Gasteiger partial charge in [0.15, 0.2) is 5.71 Å². The van der Waals surface area contributed by atoms with Crippen molar-refractivity contribution in [2.45, 2.75) is 105 Å². The Morgan fingerprint density at radius 3 is 2.00 bits per heavy atom. The van der Waals surface area contributed by atoms with Crippen LogP contribution in [0.25, 0.3) is 0 Å². The molecule has 354 valence electrons. The first-order valence-corrected chi connectivity index (χ1v) is 26.5. The molecule has 4 rings (SSSR count). The predicted octanol–water partition coefficient (Wildman–Crippen LogP) is 4.15. The highest BCUT2D eigenvalue weighted by Crippen LogP contribution is 2.51. The molecule has 2 aliphatic rings. The van der Waals surface area contributed by atoms with Gasteiger partial charge in [-0.2, -0.15) is 38.2 Å². The summed E-state index contributed by atoms with van der Waals surface area (Å²) < 4.78 is 136. The van der Waals surface area contributed by atoms with E-state index in [2.05, 4.69) is 5.32 Å². The highest BCUT2D eigenvalue weighted by Gasteiger charge is 2.46. The molecule has 0 radical (unpaired) electrons. The molecule has 19 nitrogen and oxygen atoms in total. The van der Waals surface area contributed by atoms with Crippen molar-refractivity contribution in [3.63, 3.8) is 0 Å². The average molecular weight is 974 g/mol. The van der Waals surface area contributed by atoms with E-state index in [9.17, 15) is 61.5 Å². The number of nitrogens with zero attached hydrogens (tertiary/aromatic N) is 2. The van der Waals surface area contributed by atoms with E-state index in [4.69, 9.17) is 10.8 Å². The lowest BCUT2D eigenvalue weighted by molar-refractivity contribution is -0.437. The maximum atomic E-state index is 12.7. The molecule has 8 N–H and O–H groups in total. The molecule has 23 heteroatoms. The smallest absolute Gasteiger partial charge is 0.320 e. The van der Waals surface area contributed by atoms with Crippen LogP contribution in [0.15, 0.2) is 82.3 Å². The second-order valence-electron chi connectivity index (χ2n) is 16.5. The molecule has 1 unspecified atom stereocenters. The van der Waals surface area contributed by atoms with Crippen molar-refractivity contribution in [1.82, 2.24) is 5.32 Å². The topological polar surface area (TPSA) is 316 Å². The van der Waals surface area contributed by atoms with E-state index in [1.165, 1.54) is 36.4 Å². The lowest BCUT2D eigenvalue weighted by atomic mass is 9.77. The predicted molar refractivity (Wildman–Crippen MR) is 239 cm³/mol. The number of rotatable bonds is 24. The Morgan fingerprint density at radius 1 is 0.781 bits per heavy atom. The minimum Gasteiger partial charge on any atom is -0.480 e. The Labute approximate surface area is 374 Å². The van der Waals surface area contributed by atoms with Crippen LogP contribution >= 0.6 is 0 Å². The van der Waals surface area contributed by atoms with Gasteiger partial charge < -0.3 is 21.1 Å². The number of allylic oxidation sites excluding steroid dienone is 6. The molecular formula is C41H57N4O15S4+. The lowest BCUT2D eigenvalue weighted by Crippen LogP contribution is -2.30. The summed E-state index contributed by atoms with van der Waals surface area (Å²) in [5, 5.41) is 11.8. The van der Waals surface area contributed by atoms with E-state index in [-0.39, 0.29) is 54.5 Å². The van der Waals surface area contributed by atoms with E-state index in [0.717, 1.165) is 0 Å². The fourth-order valence-corrected chi connectivity index (χ4v) is 10.1. The van der Waals surface area contributed by atoms with Crippen molar-refractivity contribution in [3.8, 4) is 0 Å². The molecule has 2 aromatic carbocycles. The van der Waals surface area contributed by atoms with E-state index in [1.807, 2.05) is 20.8 Å². The summed E-state index contributed by atoms with van der Waals surface area (Å²) in [5.41, 5.74) is 7.12. The first-order chi connectivity index (χ1) is 29.6. The van der Waals surface area contributed by atoms with E-state index < -0.39 is 74.8 Å². The van der Waals surface area contributed by atoms with Gasteiger partial charge in [0.1, 0.15) is 12.6 Å². The molecule has 2 aliphatic heterocycles. The largest absolute Gasteiger partial charge is 0.480 e. The van der Waals surface area contributed by atoms with Crippen LogP contribution in [-0.4, -0.2) is 116 Å². The van der Waals surface area contributed by atoms with Crippen LogP contribution in [0.4, 0.5) is 11.4 Å². The van der Waals surface area contributed by atoms with Gasteiger partial charge in [-0.25, -0.2) is 0 Å². The first kappa shape index (κ1) is 52.3. The Balaban J connectivity index is 1.67. The summed E-state index contributed by atoms with van der Waals surface area (Å²) in [6.45, 7) is 6.06. The number of carboxylic acid groups (broad SMARTS) is 1. The number of benzene rings is 2.